The second kappa shape index (κ2) is 7.08. The Hall–Kier alpha value is -2.08. The number of hydrogen-bond donors (Lipinski definition) is 2. The second-order valence-electron chi connectivity index (χ2n) is 5.34. The average molecular weight is 290 g/mol. The Morgan fingerprint density at radius 3 is 2.38 bits per heavy atom. The third-order valence-corrected chi connectivity index (χ3v) is 3.50. The molecule has 0 spiro atoms. The summed E-state index contributed by atoms with van der Waals surface area (Å²) in [5.41, 5.74) is 1.66. The van der Waals surface area contributed by atoms with Crippen molar-refractivity contribution in [2.45, 2.75) is 32.7 Å². The Labute approximate surface area is 124 Å². The van der Waals surface area contributed by atoms with E-state index in [1.54, 1.807) is 17.0 Å². The molecule has 114 valence electrons. The number of hydrogen-bond acceptors (Lipinski definition) is 3. The van der Waals surface area contributed by atoms with Crippen LogP contribution in [0.25, 0.3) is 0 Å². The van der Waals surface area contributed by atoms with Crippen LogP contribution in [-0.4, -0.2) is 34.9 Å². The maximum atomic E-state index is 12.2. The van der Waals surface area contributed by atoms with Crippen LogP contribution >= 0.6 is 0 Å². The number of carbonyl (C=O) groups excluding carboxylic acids is 2. The Kier molecular flexibility index (Phi) is 5.16. The first-order valence-electron chi connectivity index (χ1n) is 7.24. The maximum absolute atomic E-state index is 12.2. The molecule has 0 aromatic heterocycles. The first-order chi connectivity index (χ1) is 10.1. The first-order valence-corrected chi connectivity index (χ1v) is 7.24. The standard InChI is InChI=1S/C15H22N4O2/c1-12(20)17-14-7-5-13(6-8-14)11-19(16)15(21)18-9-3-2-4-10-18/h5-8H,2-4,9-11,16H2,1H3,(H,17,20). The van der Waals surface area contributed by atoms with Crippen LogP contribution in [0.1, 0.15) is 31.7 Å². The molecule has 0 unspecified atom stereocenters. The lowest BCUT2D eigenvalue weighted by Crippen LogP contribution is -2.48. The SMILES string of the molecule is CC(=O)Nc1ccc(CN(N)C(=O)N2CCCCC2)cc1. The molecule has 6 heteroatoms. The highest BCUT2D eigenvalue weighted by molar-refractivity contribution is 5.88. The minimum Gasteiger partial charge on any atom is -0.326 e. The number of rotatable bonds is 3. The van der Waals surface area contributed by atoms with Crippen molar-refractivity contribution in [3.8, 4) is 0 Å². The van der Waals surface area contributed by atoms with Crippen molar-refractivity contribution in [3.05, 3.63) is 29.8 Å². The molecule has 3 N–H and O–H groups in total. The summed E-state index contributed by atoms with van der Waals surface area (Å²) in [5.74, 6) is 5.76. The predicted molar refractivity (Wildman–Crippen MR) is 81.3 cm³/mol. The molecular weight excluding hydrogens is 268 g/mol. The van der Waals surface area contributed by atoms with Crippen LogP contribution in [0.4, 0.5) is 10.5 Å². The summed E-state index contributed by atoms with van der Waals surface area (Å²) in [6, 6.07) is 7.19. The molecule has 1 heterocycles. The van der Waals surface area contributed by atoms with E-state index in [1.807, 2.05) is 12.1 Å². The summed E-state index contributed by atoms with van der Waals surface area (Å²) in [4.78, 5) is 24.9. The fourth-order valence-corrected chi connectivity index (χ4v) is 2.43. The van der Waals surface area contributed by atoms with E-state index in [4.69, 9.17) is 5.84 Å². The van der Waals surface area contributed by atoms with Gasteiger partial charge in [-0.25, -0.2) is 10.6 Å². The zero-order valence-electron chi connectivity index (χ0n) is 12.3. The molecule has 6 nitrogen and oxygen atoms in total. The zero-order chi connectivity index (χ0) is 15.2. The maximum Gasteiger partial charge on any atom is 0.334 e. The van der Waals surface area contributed by atoms with Crippen molar-refractivity contribution in [3.63, 3.8) is 0 Å². The van der Waals surface area contributed by atoms with Crippen LogP contribution in [0.5, 0.6) is 0 Å². The van der Waals surface area contributed by atoms with Crippen molar-refractivity contribution in [2.75, 3.05) is 18.4 Å². The quantitative estimate of drug-likeness (QED) is 0.507. The van der Waals surface area contributed by atoms with E-state index >= 15 is 0 Å². The van der Waals surface area contributed by atoms with Gasteiger partial charge in [0.1, 0.15) is 0 Å². The molecule has 2 rings (SSSR count). The van der Waals surface area contributed by atoms with Gasteiger partial charge < -0.3 is 10.2 Å². The minimum absolute atomic E-state index is 0.108. The number of benzene rings is 1. The third kappa shape index (κ3) is 4.46. The van der Waals surface area contributed by atoms with Gasteiger partial charge in [-0.15, -0.1) is 0 Å². The molecule has 1 fully saturated rings. The number of carbonyl (C=O) groups is 2. The van der Waals surface area contributed by atoms with Gasteiger partial charge in [0, 0.05) is 25.7 Å². The number of nitrogens with two attached hydrogens (primary N) is 1. The van der Waals surface area contributed by atoms with E-state index in [2.05, 4.69) is 5.32 Å². The summed E-state index contributed by atoms with van der Waals surface area (Å²) < 4.78 is 0. The normalized spacial score (nSPS) is 14.7. The first kappa shape index (κ1) is 15.3. The molecule has 1 saturated heterocycles. The van der Waals surface area contributed by atoms with Gasteiger partial charge in [-0.05, 0) is 37.0 Å². The summed E-state index contributed by atoms with van der Waals surface area (Å²) in [5, 5.41) is 3.95. The van der Waals surface area contributed by atoms with Gasteiger partial charge in [-0.2, -0.15) is 0 Å². The van der Waals surface area contributed by atoms with Crippen LogP contribution < -0.4 is 11.2 Å². The van der Waals surface area contributed by atoms with Gasteiger partial charge in [0.05, 0.1) is 6.54 Å². The summed E-state index contributed by atoms with van der Waals surface area (Å²) >= 11 is 0. The molecule has 3 amide bonds. The third-order valence-electron chi connectivity index (χ3n) is 3.50. The van der Waals surface area contributed by atoms with Crippen molar-refractivity contribution < 1.29 is 9.59 Å². The zero-order valence-corrected chi connectivity index (χ0v) is 12.3. The van der Waals surface area contributed by atoms with Crippen molar-refractivity contribution in [2.24, 2.45) is 5.84 Å². The number of nitrogens with zero attached hydrogens (tertiary/aromatic N) is 2. The topological polar surface area (TPSA) is 78.7 Å². The Morgan fingerprint density at radius 1 is 1.19 bits per heavy atom. The van der Waals surface area contributed by atoms with E-state index in [1.165, 1.54) is 18.4 Å². The van der Waals surface area contributed by atoms with Gasteiger partial charge in [0.25, 0.3) is 0 Å². The highest BCUT2D eigenvalue weighted by Gasteiger charge is 2.20. The lowest BCUT2D eigenvalue weighted by Gasteiger charge is -2.30. The average Bonchev–Trinajstić information content (AvgIpc) is 2.49. The van der Waals surface area contributed by atoms with E-state index in [0.29, 0.717) is 6.54 Å². The number of amides is 3. The van der Waals surface area contributed by atoms with E-state index < -0.39 is 0 Å². The monoisotopic (exact) mass is 290 g/mol. The van der Waals surface area contributed by atoms with E-state index in [-0.39, 0.29) is 11.9 Å². The molecule has 0 saturated carbocycles. The summed E-state index contributed by atoms with van der Waals surface area (Å²) in [6.45, 7) is 3.39. The van der Waals surface area contributed by atoms with Crippen LogP contribution in [0.15, 0.2) is 24.3 Å². The second-order valence-corrected chi connectivity index (χ2v) is 5.34. The minimum atomic E-state index is -0.124. The molecule has 1 aliphatic rings. The fraction of sp³-hybridized carbons (Fsp3) is 0.467. The number of nitrogens with one attached hydrogen (secondary N) is 1. The van der Waals surface area contributed by atoms with Gasteiger partial charge in [-0.1, -0.05) is 12.1 Å². The van der Waals surface area contributed by atoms with Gasteiger partial charge in [0.2, 0.25) is 5.91 Å². The molecule has 21 heavy (non-hydrogen) atoms. The Balaban J connectivity index is 1.90. The lowest BCUT2D eigenvalue weighted by molar-refractivity contribution is -0.114. The van der Waals surface area contributed by atoms with E-state index in [9.17, 15) is 9.59 Å². The van der Waals surface area contributed by atoms with Crippen LogP contribution in [0.2, 0.25) is 0 Å². The van der Waals surface area contributed by atoms with Crippen molar-refractivity contribution >= 4 is 17.6 Å². The number of urea groups is 1. The number of hydrazine groups is 1. The van der Waals surface area contributed by atoms with Crippen LogP contribution in [0, 0.1) is 0 Å². The van der Waals surface area contributed by atoms with Crippen LogP contribution in [-0.2, 0) is 11.3 Å². The molecule has 1 aromatic carbocycles. The van der Waals surface area contributed by atoms with Crippen molar-refractivity contribution in [1.82, 2.24) is 9.91 Å². The predicted octanol–water partition coefficient (Wildman–Crippen LogP) is 1.93. The number of piperidine rings is 1. The molecule has 1 aromatic rings. The molecule has 1 aliphatic heterocycles. The Morgan fingerprint density at radius 2 is 1.81 bits per heavy atom. The molecule has 0 bridgehead atoms. The lowest BCUT2D eigenvalue weighted by atomic mass is 10.1. The molecule has 0 radical (unpaired) electrons. The summed E-state index contributed by atoms with van der Waals surface area (Å²) in [6.07, 6.45) is 3.27. The molecule has 0 aliphatic carbocycles. The van der Waals surface area contributed by atoms with Gasteiger partial charge in [-0.3, -0.25) is 9.80 Å². The van der Waals surface area contributed by atoms with Crippen LogP contribution in [0.3, 0.4) is 0 Å². The molecular formula is C15H22N4O2. The highest BCUT2D eigenvalue weighted by atomic mass is 16.2. The largest absolute Gasteiger partial charge is 0.334 e. The fourth-order valence-electron chi connectivity index (χ4n) is 2.43. The van der Waals surface area contributed by atoms with E-state index in [0.717, 1.165) is 37.2 Å². The Bertz CT molecular complexity index is 495. The summed E-state index contributed by atoms with van der Waals surface area (Å²) in [7, 11) is 0. The van der Waals surface area contributed by atoms with Gasteiger partial charge >= 0.3 is 6.03 Å². The number of likely N-dealkylation sites (tertiary alicyclic amines) is 1. The number of anilines is 1. The smallest absolute Gasteiger partial charge is 0.326 e. The highest BCUT2D eigenvalue weighted by Crippen LogP contribution is 2.13. The van der Waals surface area contributed by atoms with Gasteiger partial charge in [0.15, 0.2) is 0 Å². The van der Waals surface area contributed by atoms with Crippen molar-refractivity contribution in [1.29, 1.82) is 0 Å². The molecule has 0 atom stereocenters.